The number of aldehydes is 1. The van der Waals surface area contributed by atoms with Crippen molar-refractivity contribution < 1.29 is 18.0 Å². The van der Waals surface area contributed by atoms with Crippen LogP contribution >= 0.6 is 0 Å². The van der Waals surface area contributed by atoms with Crippen LogP contribution in [0.3, 0.4) is 0 Å². The van der Waals surface area contributed by atoms with E-state index in [9.17, 15) is 22.8 Å². The molecule has 0 spiro atoms. The maximum Gasteiger partial charge on any atom is 0.275 e. The Bertz CT molecular complexity index is 1100. The first-order chi connectivity index (χ1) is 15.2. The SMILES string of the molecule is C=C(N)NCCCC(C=O)NC(=O)Cn1cccc(NS(=O)(=O)Cc2ccccc2)c1=O. The van der Waals surface area contributed by atoms with Crippen LogP contribution in [-0.4, -0.2) is 37.8 Å². The van der Waals surface area contributed by atoms with Gasteiger partial charge in [0.05, 0.1) is 17.6 Å². The fraction of sp³-hybridized carbons (Fsp3) is 0.286. The highest BCUT2D eigenvalue weighted by Gasteiger charge is 2.16. The van der Waals surface area contributed by atoms with Gasteiger partial charge in [0.1, 0.15) is 18.5 Å². The highest BCUT2D eigenvalue weighted by molar-refractivity contribution is 7.91. The van der Waals surface area contributed by atoms with Crippen LogP contribution in [0, 0.1) is 0 Å². The highest BCUT2D eigenvalue weighted by Crippen LogP contribution is 2.09. The van der Waals surface area contributed by atoms with E-state index in [1.807, 2.05) is 0 Å². The van der Waals surface area contributed by atoms with Gasteiger partial charge in [0, 0.05) is 12.7 Å². The Kier molecular flexibility index (Phi) is 9.02. The Morgan fingerprint density at radius 3 is 2.56 bits per heavy atom. The van der Waals surface area contributed by atoms with Gasteiger partial charge in [0.25, 0.3) is 5.56 Å². The topological polar surface area (TPSA) is 152 Å². The van der Waals surface area contributed by atoms with Crippen LogP contribution in [0.2, 0.25) is 0 Å². The van der Waals surface area contributed by atoms with Crippen LogP contribution in [-0.2, 0) is 31.9 Å². The third-order valence-corrected chi connectivity index (χ3v) is 5.60. The Labute approximate surface area is 186 Å². The van der Waals surface area contributed by atoms with Crippen molar-refractivity contribution in [2.45, 2.75) is 31.2 Å². The zero-order valence-corrected chi connectivity index (χ0v) is 18.3. The van der Waals surface area contributed by atoms with Crippen LogP contribution in [0.4, 0.5) is 5.69 Å². The number of hydrogen-bond acceptors (Lipinski definition) is 7. The van der Waals surface area contributed by atoms with Gasteiger partial charge < -0.3 is 25.7 Å². The van der Waals surface area contributed by atoms with Crippen molar-refractivity contribution in [1.82, 2.24) is 15.2 Å². The summed E-state index contributed by atoms with van der Waals surface area (Å²) in [5.41, 5.74) is 5.12. The number of rotatable bonds is 13. The molecule has 2 rings (SSSR count). The van der Waals surface area contributed by atoms with E-state index in [0.29, 0.717) is 37.1 Å². The van der Waals surface area contributed by atoms with Gasteiger partial charge in [-0.1, -0.05) is 36.9 Å². The average molecular weight is 462 g/mol. The Hall–Kier alpha value is -3.60. The second-order valence-electron chi connectivity index (χ2n) is 7.11. The number of hydrogen-bond donors (Lipinski definition) is 4. The van der Waals surface area contributed by atoms with Gasteiger partial charge in [-0.05, 0) is 30.5 Å². The number of benzene rings is 1. The molecular weight excluding hydrogens is 434 g/mol. The molecule has 1 unspecified atom stereocenters. The number of nitrogens with one attached hydrogen (secondary N) is 3. The summed E-state index contributed by atoms with van der Waals surface area (Å²) in [4.78, 5) is 36.1. The van der Waals surface area contributed by atoms with Crippen LogP contribution in [0.25, 0.3) is 0 Å². The molecule has 0 bridgehead atoms. The van der Waals surface area contributed by atoms with Gasteiger partial charge in [-0.15, -0.1) is 0 Å². The molecule has 0 aliphatic heterocycles. The average Bonchev–Trinajstić information content (AvgIpc) is 2.73. The fourth-order valence-electron chi connectivity index (χ4n) is 2.89. The Balaban J connectivity index is 1.99. The first-order valence-corrected chi connectivity index (χ1v) is 11.5. The standard InChI is InChI=1S/C21H27N5O5S/c1-16(22)23-11-5-9-18(14-27)24-20(28)13-26-12-6-10-19(21(26)29)25-32(30,31)15-17-7-3-2-4-8-17/h2-4,6-8,10,12,14,18,23,25H,1,5,9,11,13,15,22H2,(H,24,28). The van der Waals surface area contributed by atoms with E-state index >= 15 is 0 Å². The number of nitrogens with zero attached hydrogens (tertiary/aromatic N) is 1. The summed E-state index contributed by atoms with van der Waals surface area (Å²) in [7, 11) is -3.83. The zero-order valence-electron chi connectivity index (χ0n) is 17.5. The quantitative estimate of drug-likeness (QED) is 0.247. The predicted molar refractivity (Wildman–Crippen MR) is 122 cm³/mol. The van der Waals surface area contributed by atoms with E-state index < -0.39 is 27.5 Å². The maximum atomic E-state index is 12.6. The summed E-state index contributed by atoms with van der Waals surface area (Å²) < 4.78 is 28.2. The lowest BCUT2D eigenvalue weighted by atomic mass is 10.1. The van der Waals surface area contributed by atoms with Crippen molar-refractivity contribution in [1.29, 1.82) is 0 Å². The molecule has 1 heterocycles. The van der Waals surface area contributed by atoms with Crippen LogP contribution < -0.4 is 26.6 Å². The first kappa shape index (κ1) is 24.7. The van der Waals surface area contributed by atoms with Crippen LogP contribution in [0.15, 0.2) is 65.9 Å². The summed E-state index contributed by atoms with van der Waals surface area (Å²) in [5, 5.41) is 5.36. The number of anilines is 1. The highest BCUT2D eigenvalue weighted by atomic mass is 32.2. The molecule has 0 aliphatic carbocycles. The Morgan fingerprint density at radius 2 is 1.91 bits per heavy atom. The van der Waals surface area contributed by atoms with Crippen molar-refractivity contribution in [3.63, 3.8) is 0 Å². The largest absolute Gasteiger partial charge is 0.386 e. The van der Waals surface area contributed by atoms with Crippen LogP contribution in [0.5, 0.6) is 0 Å². The summed E-state index contributed by atoms with van der Waals surface area (Å²) in [5.74, 6) is -0.532. The maximum absolute atomic E-state index is 12.6. The molecule has 0 saturated carbocycles. The van der Waals surface area contributed by atoms with Crippen molar-refractivity contribution in [2.24, 2.45) is 5.73 Å². The number of pyridine rings is 1. The van der Waals surface area contributed by atoms with Gasteiger partial charge in [-0.3, -0.25) is 14.3 Å². The minimum Gasteiger partial charge on any atom is -0.386 e. The van der Waals surface area contributed by atoms with Gasteiger partial charge in [-0.2, -0.15) is 0 Å². The molecule has 10 nitrogen and oxygen atoms in total. The van der Waals surface area contributed by atoms with E-state index in [-0.39, 0.29) is 18.0 Å². The molecule has 2 aromatic rings. The van der Waals surface area contributed by atoms with Gasteiger partial charge in [-0.25, -0.2) is 8.42 Å². The molecule has 1 atom stereocenters. The summed E-state index contributed by atoms with van der Waals surface area (Å²) >= 11 is 0. The number of amides is 1. The van der Waals surface area contributed by atoms with E-state index in [0.717, 1.165) is 4.57 Å². The van der Waals surface area contributed by atoms with Crippen molar-refractivity contribution in [3.8, 4) is 0 Å². The molecule has 0 radical (unpaired) electrons. The molecule has 0 aliphatic rings. The number of aromatic nitrogens is 1. The van der Waals surface area contributed by atoms with E-state index in [1.165, 1.54) is 18.3 Å². The summed E-state index contributed by atoms with van der Waals surface area (Å²) in [6.45, 7) is 3.63. The molecule has 5 N–H and O–H groups in total. The predicted octanol–water partition coefficient (Wildman–Crippen LogP) is 0.274. The molecule has 172 valence electrons. The number of carbonyl (C=O) groups excluding carboxylic acids is 2. The van der Waals surface area contributed by atoms with Crippen LogP contribution in [0.1, 0.15) is 18.4 Å². The second kappa shape index (κ2) is 11.7. The van der Waals surface area contributed by atoms with Gasteiger partial charge in [0.2, 0.25) is 15.9 Å². The fourth-order valence-corrected chi connectivity index (χ4v) is 4.08. The number of carbonyl (C=O) groups is 2. The second-order valence-corrected chi connectivity index (χ2v) is 8.83. The molecular formula is C21H27N5O5S. The third kappa shape index (κ3) is 8.26. The normalized spacial score (nSPS) is 11.9. The molecule has 1 amide bonds. The molecule has 1 aromatic heterocycles. The van der Waals surface area contributed by atoms with Gasteiger partial charge >= 0.3 is 0 Å². The third-order valence-electron chi connectivity index (χ3n) is 4.35. The van der Waals surface area contributed by atoms with E-state index in [1.54, 1.807) is 30.3 Å². The van der Waals surface area contributed by atoms with Crippen molar-refractivity contribution in [3.05, 3.63) is 77.0 Å². The minimum atomic E-state index is -3.83. The lowest BCUT2D eigenvalue weighted by Gasteiger charge is -2.14. The van der Waals surface area contributed by atoms with Crippen molar-refractivity contribution in [2.75, 3.05) is 11.3 Å². The number of sulfonamides is 1. The van der Waals surface area contributed by atoms with E-state index in [4.69, 9.17) is 5.73 Å². The molecule has 32 heavy (non-hydrogen) atoms. The minimum absolute atomic E-state index is 0.170. The summed E-state index contributed by atoms with van der Waals surface area (Å²) in [6, 6.07) is 10.6. The molecule has 11 heteroatoms. The van der Waals surface area contributed by atoms with E-state index in [2.05, 4.69) is 21.9 Å². The zero-order chi connectivity index (χ0) is 23.6. The Morgan fingerprint density at radius 1 is 1.19 bits per heavy atom. The monoisotopic (exact) mass is 461 g/mol. The smallest absolute Gasteiger partial charge is 0.275 e. The molecule has 0 fully saturated rings. The molecule has 0 saturated heterocycles. The summed E-state index contributed by atoms with van der Waals surface area (Å²) in [6.07, 6.45) is 2.93. The number of nitrogens with two attached hydrogens (primary N) is 1. The van der Waals surface area contributed by atoms with Gasteiger partial charge in [0.15, 0.2) is 0 Å². The lowest BCUT2D eigenvalue weighted by molar-refractivity contribution is -0.124. The lowest BCUT2D eigenvalue weighted by Crippen LogP contribution is -2.40. The van der Waals surface area contributed by atoms with Crippen molar-refractivity contribution >= 4 is 27.9 Å². The first-order valence-electron chi connectivity index (χ1n) is 9.87. The molecule has 1 aromatic carbocycles.